The molecule has 122 valence electrons. The van der Waals surface area contributed by atoms with Gasteiger partial charge in [0.1, 0.15) is 16.9 Å². The van der Waals surface area contributed by atoms with Crippen LogP contribution in [0.3, 0.4) is 0 Å². The third kappa shape index (κ3) is 3.27. The Kier molecular flexibility index (Phi) is 4.56. The Morgan fingerprint density at radius 3 is 2.75 bits per heavy atom. The summed E-state index contributed by atoms with van der Waals surface area (Å²) >= 11 is 0. The van der Waals surface area contributed by atoms with E-state index in [1.54, 1.807) is 19.1 Å². The fourth-order valence-corrected chi connectivity index (χ4v) is 2.34. The number of aromatic nitrogens is 2. The summed E-state index contributed by atoms with van der Waals surface area (Å²) in [6.45, 7) is 2.49. The van der Waals surface area contributed by atoms with E-state index < -0.39 is 11.4 Å². The Morgan fingerprint density at radius 1 is 1.21 bits per heavy atom. The molecule has 2 N–H and O–H groups in total. The number of ether oxygens (including phenoxy) is 1. The minimum absolute atomic E-state index is 0.0444. The van der Waals surface area contributed by atoms with Crippen LogP contribution in [0.15, 0.2) is 53.5 Å². The topological polar surface area (TPSA) is 84.1 Å². The van der Waals surface area contributed by atoms with Crippen LogP contribution in [0.25, 0.3) is 11.0 Å². The van der Waals surface area contributed by atoms with Crippen LogP contribution < -0.4 is 10.7 Å². The lowest BCUT2D eigenvalue weighted by atomic mass is 10.2. The number of H-pyrrole nitrogens is 1. The highest BCUT2D eigenvalue weighted by atomic mass is 16.5. The average molecular weight is 323 g/mol. The SMILES string of the molecule is CCOC(=O)c1c[nH]c2ccc(NCc3ccccc3)nc2c1=O. The minimum Gasteiger partial charge on any atom is -0.462 e. The molecule has 6 nitrogen and oxygen atoms in total. The number of esters is 1. The molecule has 0 aliphatic rings. The Morgan fingerprint density at radius 2 is 2.00 bits per heavy atom. The van der Waals surface area contributed by atoms with Crippen LogP contribution in [0, 0.1) is 0 Å². The Bertz CT molecular complexity index is 920. The summed E-state index contributed by atoms with van der Waals surface area (Å²) in [5.41, 5.74) is 1.40. The summed E-state index contributed by atoms with van der Waals surface area (Å²) in [6, 6.07) is 13.4. The normalized spacial score (nSPS) is 10.5. The number of nitrogens with zero attached hydrogens (tertiary/aromatic N) is 1. The molecule has 2 aromatic heterocycles. The van der Waals surface area contributed by atoms with Crippen molar-refractivity contribution >= 4 is 22.8 Å². The van der Waals surface area contributed by atoms with Gasteiger partial charge in [-0.05, 0) is 24.6 Å². The molecule has 0 saturated carbocycles. The van der Waals surface area contributed by atoms with Gasteiger partial charge in [0.25, 0.3) is 0 Å². The van der Waals surface area contributed by atoms with E-state index in [0.29, 0.717) is 17.9 Å². The summed E-state index contributed by atoms with van der Waals surface area (Å²) in [7, 11) is 0. The van der Waals surface area contributed by atoms with E-state index in [0.717, 1.165) is 5.56 Å². The smallest absolute Gasteiger partial charge is 0.343 e. The van der Waals surface area contributed by atoms with E-state index in [1.807, 2.05) is 30.3 Å². The van der Waals surface area contributed by atoms with Crippen molar-refractivity contribution in [1.29, 1.82) is 0 Å². The lowest BCUT2D eigenvalue weighted by Gasteiger charge is -2.07. The van der Waals surface area contributed by atoms with Crippen LogP contribution >= 0.6 is 0 Å². The number of fused-ring (bicyclic) bond motifs is 1. The highest BCUT2D eigenvalue weighted by Crippen LogP contribution is 2.12. The van der Waals surface area contributed by atoms with Gasteiger partial charge in [0.05, 0.1) is 12.1 Å². The largest absolute Gasteiger partial charge is 0.462 e. The third-order valence-corrected chi connectivity index (χ3v) is 3.54. The van der Waals surface area contributed by atoms with Crippen LogP contribution in [-0.4, -0.2) is 22.5 Å². The number of carbonyl (C=O) groups excluding carboxylic acids is 1. The van der Waals surface area contributed by atoms with Crippen molar-refractivity contribution in [3.05, 3.63) is 70.0 Å². The zero-order valence-corrected chi connectivity index (χ0v) is 13.2. The number of nitrogens with one attached hydrogen (secondary N) is 2. The number of pyridine rings is 2. The van der Waals surface area contributed by atoms with E-state index in [1.165, 1.54) is 6.20 Å². The first-order chi connectivity index (χ1) is 11.7. The number of rotatable bonds is 5. The van der Waals surface area contributed by atoms with Crippen LogP contribution in [-0.2, 0) is 11.3 Å². The predicted octanol–water partition coefficient (Wildman–Crippen LogP) is 2.71. The molecule has 6 heteroatoms. The second-order valence-electron chi connectivity index (χ2n) is 5.18. The highest BCUT2D eigenvalue weighted by molar-refractivity contribution is 5.92. The summed E-state index contributed by atoms with van der Waals surface area (Å²) in [6.07, 6.45) is 1.36. The fraction of sp³-hybridized carbons (Fsp3) is 0.167. The van der Waals surface area contributed by atoms with Gasteiger partial charge in [0.15, 0.2) is 0 Å². The number of hydrogen-bond donors (Lipinski definition) is 2. The van der Waals surface area contributed by atoms with Gasteiger partial charge in [-0.1, -0.05) is 30.3 Å². The van der Waals surface area contributed by atoms with Crippen molar-refractivity contribution in [2.45, 2.75) is 13.5 Å². The Balaban J connectivity index is 1.90. The summed E-state index contributed by atoms with van der Waals surface area (Å²) in [5, 5.41) is 3.17. The molecule has 0 aliphatic carbocycles. The molecular formula is C18H17N3O3. The number of anilines is 1. The van der Waals surface area contributed by atoms with E-state index in [9.17, 15) is 9.59 Å². The zero-order valence-electron chi connectivity index (χ0n) is 13.2. The molecule has 3 rings (SSSR count). The van der Waals surface area contributed by atoms with Gasteiger partial charge in [0, 0.05) is 12.7 Å². The molecule has 0 unspecified atom stereocenters. The Labute approximate surface area is 138 Å². The molecule has 24 heavy (non-hydrogen) atoms. The van der Waals surface area contributed by atoms with Gasteiger partial charge < -0.3 is 15.0 Å². The molecule has 0 amide bonds. The maximum absolute atomic E-state index is 12.5. The molecule has 1 aromatic carbocycles. The second kappa shape index (κ2) is 6.95. The van der Waals surface area contributed by atoms with Crippen molar-refractivity contribution in [2.24, 2.45) is 0 Å². The number of aromatic amines is 1. The van der Waals surface area contributed by atoms with Gasteiger partial charge in [-0.15, -0.1) is 0 Å². The molecular weight excluding hydrogens is 306 g/mol. The van der Waals surface area contributed by atoms with Crippen LogP contribution in [0.1, 0.15) is 22.8 Å². The Hall–Kier alpha value is -3.15. The molecule has 2 heterocycles. The van der Waals surface area contributed by atoms with Crippen molar-refractivity contribution in [1.82, 2.24) is 9.97 Å². The van der Waals surface area contributed by atoms with Crippen LogP contribution in [0.2, 0.25) is 0 Å². The molecule has 0 spiro atoms. The molecule has 0 aliphatic heterocycles. The summed E-state index contributed by atoms with van der Waals surface area (Å²) < 4.78 is 4.89. The number of benzene rings is 1. The molecule has 0 radical (unpaired) electrons. The molecule has 0 saturated heterocycles. The van der Waals surface area contributed by atoms with E-state index in [2.05, 4.69) is 15.3 Å². The summed E-state index contributed by atoms with van der Waals surface area (Å²) in [4.78, 5) is 31.5. The van der Waals surface area contributed by atoms with Crippen molar-refractivity contribution in [3.63, 3.8) is 0 Å². The maximum Gasteiger partial charge on any atom is 0.343 e. The second-order valence-corrected chi connectivity index (χ2v) is 5.18. The first kappa shape index (κ1) is 15.7. The van der Waals surface area contributed by atoms with Gasteiger partial charge >= 0.3 is 5.97 Å². The number of carbonyl (C=O) groups is 1. The molecule has 3 aromatic rings. The monoisotopic (exact) mass is 323 g/mol. The first-order valence-electron chi connectivity index (χ1n) is 7.66. The van der Waals surface area contributed by atoms with E-state index >= 15 is 0 Å². The average Bonchev–Trinajstić information content (AvgIpc) is 2.61. The number of hydrogen-bond acceptors (Lipinski definition) is 5. The fourth-order valence-electron chi connectivity index (χ4n) is 2.34. The van der Waals surface area contributed by atoms with E-state index in [4.69, 9.17) is 4.74 Å². The van der Waals surface area contributed by atoms with Crippen molar-refractivity contribution < 1.29 is 9.53 Å². The standard InChI is InChI=1S/C18H17N3O3/c1-2-24-18(23)13-11-19-14-8-9-15(21-16(14)17(13)22)20-10-12-6-4-3-5-7-12/h3-9,11H,2,10H2,1H3,(H,19,22)(H,20,21). The highest BCUT2D eigenvalue weighted by Gasteiger charge is 2.15. The van der Waals surface area contributed by atoms with Gasteiger partial charge in [-0.2, -0.15) is 0 Å². The van der Waals surface area contributed by atoms with Gasteiger partial charge in [0.2, 0.25) is 5.43 Å². The first-order valence-corrected chi connectivity index (χ1v) is 7.66. The minimum atomic E-state index is -0.648. The predicted molar refractivity (Wildman–Crippen MR) is 92.1 cm³/mol. The van der Waals surface area contributed by atoms with E-state index in [-0.39, 0.29) is 17.7 Å². The van der Waals surface area contributed by atoms with Crippen LogP contribution in [0.5, 0.6) is 0 Å². The zero-order chi connectivity index (χ0) is 16.9. The van der Waals surface area contributed by atoms with Crippen LogP contribution in [0.4, 0.5) is 5.82 Å². The summed E-state index contributed by atoms with van der Waals surface area (Å²) in [5.74, 6) is -0.0806. The maximum atomic E-state index is 12.5. The lowest BCUT2D eigenvalue weighted by Crippen LogP contribution is -2.19. The van der Waals surface area contributed by atoms with Crippen molar-refractivity contribution in [2.75, 3.05) is 11.9 Å². The quantitative estimate of drug-likeness (QED) is 0.705. The van der Waals surface area contributed by atoms with Crippen molar-refractivity contribution in [3.8, 4) is 0 Å². The van der Waals surface area contributed by atoms with Gasteiger partial charge in [-0.25, -0.2) is 9.78 Å². The molecule has 0 fully saturated rings. The lowest BCUT2D eigenvalue weighted by molar-refractivity contribution is 0.0524. The molecule has 0 atom stereocenters. The van der Waals surface area contributed by atoms with Gasteiger partial charge in [-0.3, -0.25) is 4.79 Å². The molecule has 0 bridgehead atoms. The third-order valence-electron chi connectivity index (χ3n) is 3.54.